The van der Waals surface area contributed by atoms with Crippen molar-refractivity contribution < 1.29 is 9.72 Å². The normalized spacial score (nSPS) is 11.3. The van der Waals surface area contributed by atoms with Gasteiger partial charge in [-0.15, -0.1) is 16.8 Å². The van der Waals surface area contributed by atoms with Crippen LogP contribution in [0.3, 0.4) is 0 Å². The molecule has 1 heterocycles. The third kappa shape index (κ3) is 5.05. The molecule has 0 spiro atoms. The molecule has 0 saturated carbocycles. The summed E-state index contributed by atoms with van der Waals surface area (Å²) < 4.78 is 1.92. The molecule has 3 aromatic rings. The van der Waals surface area contributed by atoms with E-state index in [9.17, 15) is 14.9 Å². The van der Waals surface area contributed by atoms with Crippen LogP contribution in [0.15, 0.2) is 60.3 Å². The van der Waals surface area contributed by atoms with E-state index >= 15 is 0 Å². The van der Waals surface area contributed by atoms with Crippen molar-refractivity contribution in [2.75, 3.05) is 0 Å². The zero-order chi connectivity index (χ0) is 23.5. The Kier molecular flexibility index (Phi) is 6.78. The van der Waals surface area contributed by atoms with E-state index in [2.05, 4.69) is 49.7 Å². The minimum absolute atomic E-state index is 0.0487. The Bertz CT molecular complexity index is 1160. The summed E-state index contributed by atoms with van der Waals surface area (Å²) >= 11 is 1.33. The number of nitro groups is 1. The molecule has 1 amide bonds. The number of rotatable bonds is 8. The molecule has 0 bridgehead atoms. The number of primary amides is 1. The Balaban J connectivity index is 1.89. The van der Waals surface area contributed by atoms with Crippen molar-refractivity contribution in [2.24, 2.45) is 5.73 Å². The molecule has 0 aliphatic rings. The van der Waals surface area contributed by atoms with Gasteiger partial charge in [0.15, 0.2) is 11.0 Å². The molecule has 1 aromatic heterocycles. The highest BCUT2D eigenvalue weighted by Crippen LogP contribution is 2.31. The third-order valence-corrected chi connectivity index (χ3v) is 5.98. The van der Waals surface area contributed by atoms with Crippen molar-refractivity contribution in [1.29, 1.82) is 0 Å². The average molecular weight is 452 g/mol. The fourth-order valence-corrected chi connectivity index (χ4v) is 4.12. The van der Waals surface area contributed by atoms with Gasteiger partial charge in [0.25, 0.3) is 5.69 Å². The van der Waals surface area contributed by atoms with Crippen LogP contribution in [0.2, 0.25) is 0 Å². The number of allylic oxidation sites excluding steroid dienone is 1. The molecule has 0 radical (unpaired) electrons. The summed E-state index contributed by atoms with van der Waals surface area (Å²) in [5, 5.41) is 20.7. The highest BCUT2D eigenvalue weighted by Gasteiger charge is 2.20. The molecule has 2 N–H and O–H groups in total. The number of thioether (sulfide) groups is 1. The Hall–Kier alpha value is -3.46. The third-order valence-electron chi connectivity index (χ3n) is 4.96. The number of nitro benzene ring substituents is 1. The topological polar surface area (TPSA) is 117 Å². The molecule has 32 heavy (non-hydrogen) atoms. The number of amides is 1. The fraction of sp³-hybridized carbons (Fsp3) is 0.261. The Morgan fingerprint density at radius 3 is 2.47 bits per heavy atom. The number of aromatic nitrogens is 3. The minimum Gasteiger partial charge on any atom is -0.366 e. The summed E-state index contributed by atoms with van der Waals surface area (Å²) in [7, 11) is 0. The number of benzene rings is 2. The molecule has 2 aromatic carbocycles. The van der Waals surface area contributed by atoms with Crippen LogP contribution in [0.25, 0.3) is 11.4 Å². The van der Waals surface area contributed by atoms with Gasteiger partial charge in [-0.05, 0) is 17.0 Å². The zero-order valence-electron chi connectivity index (χ0n) is 18.2. The fourth-order valence-electron chi connectivity index (χ4n) is 3.17. The minimum atomic E-state index is -0.708. The molecule has 166 valence electrons. The first kappa shape index (κ1) is 23.2. The summed E-state index contributed by atoms with van der Waals surface area (Å²) in [4.78, 5) is 22.3. The molecule has 0 aliphatic carbocycles. The van der Waals surface area contributed by atoms with Crippen LogP contribution in [0.1, 0.15) is 42.3 Å². The Labute approximate surface area is 190 Å². The lowest BCUT2D eigenvalue weighted by atomic mass is 9.87. The van der Waals surface area contributed by atoms with E-state index in [-0.39, 0.29) is 22.4 Å². The van der Waals surface area contributed by atoms with Crippen molar-refractivity contribution in [1.82, 2.24) is 14.8 Å². The van der Waals surface area contributed by atoms with Crippen molar-refractivity contribution in [3.05, 3.63) is 81.9 Å². The van der Waals surface area contributed by atoms with Gasteiger partial charge in [-0.2, -0.15) is 0 Å². The van der Waals surface area contributed by atoms with Crippen molar-refractivity contribution in [2.45, 2.75) is 43.6 Å². The summed E-state index contributed by atoms with van der Waals surface area (Å²) in [6.45, 7) is 10.8. The van der Waals surface area contributed by atoms with E-state index in [1.807, 2.05) is 16.7 Å². The van der Waals surface area contributed by atoms with Gasteiger partial charge in [0, 0.05) is 35.1 Å². The molecular weight excluding hydrogens is 426 g/mol. The van der Waals surface area contributed by atoms with Gasteiger partial charge < -0.3 is 5.73 Å². The number of nitrogens with zero attached hydrogens (tertiary/aromatic N) is 4. The first-order chi connectivity index (χ1) is 15.1. The van der Waals surface area contributed by atoms with Gasteiger partial charge in [-0.25, -0.2) is 0 Å². The maximum atomic E-state index is 11.5. The van der Waals surface area contributed by atoms with Crippen LogP contribution in [0.4, 0.5) is 5.69 Å². The molecule has 0 unspecified atom stereocenters. The van der Waals surface area contributed by atoms with Crippen LogP contribution < -0.4 is 5.73 Å². The van der Waals surface area contributed by atoms with Crippen LogP contribution in [0.5, 0.6) is 0 Å². The van der Waals surface area contributed by atoms with E-state index in [0.717, 1.165) is 5.56 Å². The Morgan fingerprint density at radius 1 is 1.22 bits per heavy atom. The molecule has 0 aliphatic heterocycles. The first-order valence-corrected chi connectivity index (χ1v) is 11.0. The van der Waals surface area contributed by atoms with Crippen LogP contribution in [-0.4, -0.2) is 25.6 Å². The van der Waals surface area contributed by atoms with E-state index in [1.54, 1.807) is 12.1 Å². The second kappa shape index (κ2) is 9.35. The lowest BCUT2D eigenvalue weighted by Gasteiger charge is -2.19. The van der Waals surface area contributed by atoms with Crippen LogP contribution >= 0.6 is 11.8 Å². The van der Waals surface area contributed by atoms with Crippen LogP contribution in [-0.2, 0) is 17.7 Å². The highest BCUT2D eigenvalue weighted by atomic mass is 32.2. The summed E-state index contributed by atoms with van der Waals surface area (Å²) in [6, 6.07) is 12.4. The number of hydrogen-bond donors (Lipinski definition) is 1. The summed E-state index contributed by atoms with van der Waals surface area (Å²) in [5.74, 6) is 0.278. The molecular formula is C23H25N5O3S. The van der Waals surface area contributed by atoms with E-state index in [0.29, 0.717) is 23.1 Å². The Morgan fingerprint density at radius 2 is 1.91 bits per heavy atom. The van der Waals surface area contributed by atoms with Crippen LogP contribution in [0, 0.1) is 10.1 Å². The lowest BCUT2D eigenvalue weighted by molar-refractivity contribution is -0.385. The molecule has 8 nitrogen and oxygen atoms in total. The zero-order valence-corrected chi connectivity index (χ0v) is 19.1. The summed E-state index contributed by atoms with van der Waals surface area (Å²) in [6.07, 6.45) is 1.75. The molecule has 0 saturated heterocycles. The number of carbonyl (C=O) groups excluding carboxylic acids is 1. The maximum absolute atomic E-state index is 11.5. The van der Waals surface area contributed by atoms with Gasteiger partial charge in [0.2, 0.25) is 5.91 Å². The van der Waals surface area contributed by atoms with Crippen molar-refractivity contribution in [3.8, 4) is 11.4 Å². The molecule has 0 atom stereocenters. The molecule has 3 rings (SSSR count). The standard InChI is InChI=1S/C23H25N5O3S/c1-5-12-27-21(15-8-10-18(11-9-15)23(2,3)4)25-26-22(27)32-14-17-7-6-16(20(24)29)13-19(17)28(30)31/h5-11,13H,1,12,14H2,2-4H3,(H2,24,29). The van der Waals surface area contributed by atoms with E-state index in [4.69, 9.17) is 5.73 Å². The van der Waals surface area contributed by atoms with Gasteiger partial charge in [0.1, 0.15) is 0 Å². The average Bonchev–Trinajstić information content (AvgIpc) is 3.14. The quantitative estimate of drug-likeness (QED) is 0.229. The van der Waals surface area contributed by atoms with Gasteiger partial charge in [0.05, 0.1) is 4.92 Å². The predicted molar refractivity (Wildman–Crippen MR) is 126 cm³/mol. The van der Waals surface area contributed by atoms with Gasteiger partial charge >= 0.3 is 0 Å². The van der Waals surface area contributed by atoms with Gasteiger partial charge in [-0.1, -0.05) is 68.9 Å². The number of hydrogen-bond acceptors (Lipinski definition) is 6. The second-order valence-electron chi connectivity index (χ2n) is 8.29. The monoisotopic (exact) mass is 451 g/mol. The predicted octanol–water partition coefficient (Wildman–Crippen LogP) is 4.73. The van der Waals surface area contributed by atoms with Crippen molar-refractivity contribution in [3.63, 3.8) is 0 Å². The number of nitrogens with two attached hydrogens (primary N) is 1. The summed E-state index contributed by atoms with van der Waals surface area (Å²) in [5.41, 5.74) is 7.85. The lowest BCUT2D eigenvalue weighted by Crippen LogP contribution is -2.11. The van der Waals surface area contributed by atoms with E-state index < -0.39 is 10.8 Å². The highest BCUT2D eigenvalue weighted by molar-refractivity contribution is 7.98. The van der Waals surface area contributed by atoms with Gasteiger partial charge in [-0.3, -0.25) is 19.5 Å². The molecule has 0 fully saturated rings. The van der Waals surface area contributed by atoms with E-state index in [1.165, 1.54) is 29.5 Å². The first-order valence-electron chi connectivity index (χ1n) is 9.96. The largest absolute Gasteiger partial charge is 0.366 e. The maximum Gasteiger partial charge on any atom is 0.274 e. The second-order valence-corrected chi connectivity index (χ2v) is 9.23. The molecule has 9 heteroatoms. The smallest absolute Gasteiger partial charge is 0.274 e. The number of carbonyl (C=O) groups is 1. The van der Waals surface area contributed by atoms with Crippen molar-refractivity contribution >= 4 is 23.4 Å². The SMILES string of the molecule is C=CCn1c(SCc2ccc(C(N)=O)cc2[N+](=O)[O-])nnc1-c1ccc(C(C)(C)C)cc1.